The first kappa shape index (κ1) is 12.2. The summed E-state index contributed by atoms with van der Waals surface area (Å²) >= 11 is 0. The number of hydrogen-bond acceptors (Lipinski definition) is 2. The molecule has 3 rings (SSSR count). The SMILES string of the molecule is Cc1cc2c(ccn2-c2ccc(=O)n(C)c2)cc1C#N. The van der Waals surface area contributed by atoms with Gasteiger partial charge in [-0.15, -0.1) is 0 Å². The third-order valence-electron chi connectivity index (χ3n) is 3.51. The molecule has 20 heavy (non-hydrogen) atoms. The topological polar surface area (TPSA) is 50.7 Å². The van der Waals surface area contributed by atoms with Crippen molar-refractivity contribution >= 4 is 10.9 Å². The van der Waals surface area contributed by atoms with Gasteiger partial charge < -0.3 is 9.13 Å². The quantitative estimate of drug-likeness (QED) is 0.677. The standard InChI is InChI=1S/C16H13N3O/c1-11-7-15-12(8-13(11)9-17)5-6-19(15)14-3-4-16(20)18(2)10-14/h3-8,10H,1-2H3. The maximum absolute atomic E-state index is 11.5. The number of fused-ring (bicyclic) bond motifs is 1. The minimum Gasteiger partial charge on any atom is -0.316 e. The lowest BCUT2D eigenvalue weighted by molar-refractivity contribution is 0.847. The van der Waals surface area contributed by atoms with Gasteiger partial charge in [0.2, 0.25) is 5.56 Å². The number of nitriles is 1. The summed E-state index contributed by atoms with van der Waals surface area (Å²) in [6.07, 6.45) is 3.75. The Morgan fingerprint density at radius 3 is 2.70 bits per heavy atom. The molecule has 4 heteroatoms. The molecule has 3 aromatic rings. The summed E-state index contributed by atoms with van der Waals surface area (Å²) < 4.78 is 3.57. The highest BCUT2D eigenvalue weighted by atomic mass is 16.1. The molecule has 2 heterocycles. The number of aromatic nitrogens is 2. The fourth-order valence-corrected chi connectivity index (χ4v) is 2.35. The first-order chi connectivity index (χ1) is 9.60. The number of hydrogen-bond donors (Lipinski definition) is 0. The molecule has 0 unspecified atom stereocenters. The lowest BCUT2D eigenvalue weighted by atomic mass is 10.1. The summed E-state index contributed by atoms with van der Waals surface area (Å²) in [5.41, 5.74) is 3.56. The zero-order valence-electron chi connectivity index (χ0n) is 11.3. The van der Waals surface area contributed by atoms with E-state index in [1.807, 2.05) is 35.9 Å². The fraction of sp³-hybridized carbons (Fsp3) is 0.125. The van der Waals surface area contributed by atoms with E-state index in [1.165, 1.54) is 0 Å². The molecule has 98 valence electrons. The van der Waals surface area contributed by atoms with E-state index in [2.05, 4.69) is 6.07 Å². The molecule has 0 aliphatic carbocycles. The third kappa shape index (κ3) is 1.81. The number of pyridine rings is 1. The second-order valence-corrected chi connectivity index (χ2v) is 4.86. The minimum absolute atomic E-state index is 0.0341. The Hall–Kier alpha value is -2.80. The van der Waals surface area contributed by atoms with E-state index < -0.39 is 0 Å². The summed E-state index contributed by atoms with van der Waals surface area (Å²) in [4.78, 5) is 11.5. The molecule has 2 aromatic heterocycles. The van der Waals surface area contributed by atoms with Crippen molar-refractivity contribution in [2.45, 2.75) is 6.92 Å². The van der Waals surface area contributed by atoms with Crippen molar-refractivity contribution in [3.8, 4) is 11.8 Å². The largest absolute Gasteiger partial charge is 0.316 e. The van der Waals surface area contributed by atoms with E-state index in [1.54, 1.807) is 29.9 Å². The second kappa shape index (κ2) is 4.39. The van der Waals surface area contributed by atoms with Gasteiger partial charge in [0.25, 0.3) is 0 Å². The maximum Gasteiger partial charge on any atom is 0.250 e. The van der Waals surface area contributed by atoms with Crippen LogP contribution in [0.15, 0.2) is 47.5 Å². The van der Waals surface area contributed by atoms with Crippen LogP contribution in [0.2, 0.25) is 0 Å². The predicted octanol–water partition coefficient (Wildman–Crippen LogP) is 2.51. The minimum atomic E-state index is -0.0341. The van der Waals surface area contributed by atoms with Gasteiger partial charge in [-0.3, -0.25) is 4.79 Å². The van der Waals surface area contributed by atoms with E-state index in [0.717, 1.165) is 22.2 Å². The van der Waals surface area contributed by atoms with E-state index >= 15 is 0 Å². The van der Waals surface area contributed by atoms with Crippen molar-refractivity contribution in [1.29, 1.82) is 5.26 Å². The molecular formula is C16H13N3O. The van der Waals surface area contributed by atoms with Gasteiger partial charge in [0.1, 0.15) is 0 Å². The first-order valence-electron chi connectivity index (χ1n) is 6.29. The van der Waals surface area contributed by atoms with Crippen molar-refractivity contribution in [2.24, 2.45) is 7.05 Å². The van der Waals surface area contributed by atoms with Gasteiger partial charge in [-0.25, -0.2) is 0 Å². The lowest BCUT2D eigenvalue weighted by Gasteiger charge is -2.08. The van der Waals surface area contributed by atoms with Gasteiger partial charge >= 0.3 is 0 Å². The van der Waals surface area contributed by atoms with Gasteiger partial charge in [0, 0.05) is 30.9 Å². The van der Waals surface area contributed by atoms with Crippen LogP contribution >= 0.6 is 0 Å². The molecule has 0 amide bonds. The van der Waals surface area contributed by atoms with Crippen LogP contribution in [0.5, 0.6) is 0 Å². The zero-order valence-corrected chi connectivity index (χ0v) is 11.3. The van der Waals surface area contributed by atoms with Crippen molar-refractivity contribution in [3.63, 3.8) is 0 Å². The van der Waals surface area contributed by atoms with Gasteiger partial charge in [-0.2, -0.15) is 5.26 Å². The Bertz CT molecular complexity index is 910. The molecule has 0 spiro atoms. The average molecular weight is 263 g/mol. The van der Waals surface area contributed by atoms with Crippen LogP contribution in [-0.4, -0.2) is 9.13 Å². The number of aryl methyl sites for hydroxylation is 2. The van der Waals surface area contributed by atoms with Crippen LogP contribution in [0, 0.1) is 18.3 Å². The monoisotopic (exact) mass is 263 g/mol. The van der Waals surface area contributed by atoms with Crippen LogP contribution in [0.25, 0.3) is 16.6 Å². The van der Waals surface area contributed by atoms with Crippen molar-refractivity contribution in [3.05, 3.63) is 64.2 Å². The van der Waals surface area contributed by atoms with E-state index in [9.17, 15) is 4.79 Å². The Morgan fingerprint density at radius 2 is 2.00 bits per heavy atom. The molecular weight excluding hydrogens is 250 g/mol. The Morgan fingerprint density at radius 1 is 1.20 bits per heavy atom. The molecule has 0 saturated carbocycles. The van der Waals surface area contributed by atoms with E-state index in [0.29, 0.717) is 5.56 Å². The molecule has 4 nitrogen and oxygen atoms in total. The lowest BCUT2D eigenvalue weighted by Crippen LogP contribution is -2.15. The van der Waals surface area contributed by atoms with Gasteiger partial charge in [-0.1, -0.05) is 0 Å². The highest BCUT2D eigenvalue weighted by Crippen LogP contribution is 2.23. The summed E-state index contributed by atoms with van der Waals surface area (Å²) in [6.45, 7) is 1.93. The number of nitrogens with zero attached hydrogens (tertiary/aromatic N) is 3. The maximum atomic E-state index is 11.5. The molecule has 0 aliphatic heterocycles. The van der Waals surface area contributed by atoms with Gasteiger partial charge in [0.05, 0.1) is 22.8 Å². The van der Waals surface area contributed by atoms with Crippen LogP contribution in [0.4, 0.5) is 0 Å². The molecule has 0 radical (unpaired) electrons. The number of rotatable bonds is 1. The molecule has 1 aromatic carbocycles. The average Bonchev–Trinajstić information content (AvgIpc) is 2.83. The van der Waals surface area contributed by atoms with Gasteiger partial charge in [0.15, 0.2) is 0 Å². The molecule has 0 fully saturated rings. The molecule has 0 N–H and O–H groups in total. The summed E-state index contributed by atoms with van der Waals surface area (Å²) in [7, 11) is 1.73. The predicted molar refractivity (Wildman–Crippen MR) is 78.0 cm³/mol. The second-order valence-electron chi connectivity index (χ2n) is 4.86. The first-order valence-corrected chi connectivity index (χ1v) is 6.29. The van der Waals surface area contributed by atoms with Crippen molar-refractivity contribution in [2.75, 3.05) is 0 Å². The van der Waals surface area contributed by atoms with E-state index in [4.69, 9.17) is 5.26 Å². The van der Waals surface area contributed by atoms with Crippen molar-refractivity contribution < 1.29 is 0 Å². The van der Waals surface area contributed by atoms with Crippen molar-refractivity contribution in [1.82, 2.24) is 9.13 Å². The molecule has 0 bridgehead atoms. The smallest absolute Gasteiger partial charge is 0.250 e. The zero-order chi connectivity index (χ0) is 14.3. The van der Waals surface area contributed by atoms with E-state index in [-0.39, 0.29) is 5.56 Å². The summed E-state index contributed by atoms with van der Waals surface area (Å²) in [5, 5.41) is 10.1. The summed E-state index contributed by atoms with van der Waals surface area (Å²) in [5.74, 6) is 0. The van der Waals surface area contributed by atoms with Crippen LogP contribution in [-0.2, 0) is 7.05 Å². The normalized spacial score (nSPS) is 10.7. The van der Waals surface area contributed by atoms with Crippen LogP contribution in [0.3, 0.4) is 0 Å². The fourth-order valence-electron chi connectivity index (χ4n) is 2.35. The Balaban J connectivity index is 2.27. The van der Waals surface area contributed by atoms with Crippen LogP contribution in [0.1, 0.15) is 11.1 Å². The Labute approximate surface area is 116 Å². The summed E-state index contributed by atoms with van der Waals surface area (Å²) in [6, 6.07) is 11.4. The molecule has 0 atom stereocenters. The molecule has 0 aliphatic rings. The highest BCUT2D eigenvalue weighted by molar-refractivity contribution is 5.84. The Kier molecular flexibility index (Phi) is 2.69. The molecule has 0 saturated heterocycles. The highest BCUT2D eigenvalue weighted by Gasteiger charge is 2.07. The van der Waals surface area contributed by atoms with Gasteiger partial charge in [-0.05, 0) is 36.8 Å². The number of benzene rings is 1. The van der Waals surface area contributed by atoms with Crippen LogP contribution < -0.4 is 5.56 Å². The third-order valence-corrected chi connectivity index (χ3v) is 3.51.